The van der Waals surface area contributed by atoms with Crippen LogP contribution < -0.4 is 4.90 Å². The molecule has 0 atom stereocenters. The SMILES string of the molecule is [3H]c1cccc(N2CCOCC2)n1. The van der Waals surface area contributed by atoms with Gasteiger partial charge in [-0.1, -0.05) is 6.07 Å². The number of nitrogens with zero attached hydrogens (tertiary/aromatic N) is 2. The van der Waals surface area contributed by atoms with E-state index in [0.29, 0.717) is 6.17 Å². The van der Waals surface area contributed by atoms with E-state index in [0.717, 1.165) is 32.1 Å². The van der Waals surface area contributed by atoms with Crippen LogP contribution in [-0.4, -0.2) is 31.3 Å². The predicted molar refractivity (Wildman–Crippen MR) is 47.3 cm³/mol. The van der Waals surface area contributed by atoms with E-state index in [9.17, 15) is 0 Å². The molecule has 0 bridgehead atoms. The van der Waals surface area contributed by atoms with Gasteiger partial charge in [-0.25, -0.2) is 4.98 Å². The van der Waals surface area contributed by atoms with Crippen molar-refractivity contribution in [2.75, 3.05) is 31.2 Å². The number of rotatable bonds is 1. The van der Waals surface area contributed by atoms with Crippen molar-refractivity contribution in [2.45, 2.75) is 0 Å². The number of hydrogen-bond donors (Lipinski definition) is 0. The molecule has 2 heterocycles. The first-order valence-corrected chi connectivity index (χ1v) is 4.12. The van der Waals surface area contributed by atoms with E-state index in [-0.39, 0.29) is 0 Å². The lowest BCUT2D eigenvalue weighted by atomic mass is 10.4. The van der Waals surface area contributed by atoms with Crippen LogP contribution in [0.5, 0.6) is 0 Å². The van der Waals surface area contributed by atoms with Gasteiger partial charge in [0.15, 0.2) is 0 Å². The smallest absolute Gasteiger partial charge is 0.128 e. The molecule has 2 rings (SSSR count). The molecule has 1 fully saturated rings. The van der Waals surface area contributed by atoms with Crippen molar-refractivity contribution in [1.29, 1.82) is 0 Å². The largest absolute Gasteiger partial charge is 0.378 e. The lowest BCUT2D eigenvalue weighted by molar-refractivity contribution is 0.122. The molecule has 1 aliphatic heterocycles. The molecule has 0 amide bonds. The van der Waals surface area contributed by atoms with E-state index in [2.05, 4.69) is 9.88 Å². The van der Waals surface area contributed by atoms with Crippen LogP contribution in [0.3, 0.4) is 0 Å². The highest BCUT2D eigenvalue weighted by Gasteiger charge is 2.10. The first kappa shape index (κ1) is 6.43. The highest BCUT2D eigenvalue weighted by atomic mass is 16.5. The van der Waals surface area contributed by atoms with Gasteiger partial charge in [-0.05, 0) is 12.1 Å². The summed E-state index contributed by atoms with van der Waals surface area (Å²) in [5.41, 5.74) is 0. The van der Waals surface area contributed by atoms with Gasteiger partial charge in [-0.2, -0.15) is 0 Å². The Morgan fingerprint density at radius 1 is 1.42 bits per heavy atom. The molecule has 3 nitrogen and oxygen atoms in total. The summed E-state index contributed by atoms with van der Waals surface area (Å²) < 4.78 is 12.6. The van der Waals surface area contributed by atoms with Crippen LogP contribution in [0.2, 0.25) is 0 Å². The Hall–Kier alpha value is -1.09. The molecule has 1 saturated heterocycles. The zero-order chi connectivity index (χ0) is 9.10. The number of pyridine rings is 1. The van der Waals surface area contributed by atoms with Crippen LogP contribution in [-0.2, 0) is 4.74 Å². The zero-order valence-corrected chi connectivity index (χ0v) is 6.86. The Labute approximate surface area is 73.4 Å². The monoisotopic (exact) mass is 166 g/mol. The summed E-state index contributed by atoms with van der Waals surface area (Å²) in [5, 5.41) is 0. The van der Waals surface area contributed by atoms with Crippen molar-refractivity contribution < 1.29 is 6.11 Å². The summed E-state index contributed by atoms with van der Waals surface area (Å²) in [4.78, 5) is 6.27. The minimum absolute atomic E-state index is 0.323. The second-order valence-corrected chi connectivity index (χ2v) is 2.72. The number of aromatic nitrogens is 1. The quantitative estimate of drug-likeness (QED) is 0.620. The topological polar surface area (TPSA) is 25.4 Å². The minimum Gasteiger partial charge on any atom is -0.378 e. The molecule has 64 valence electrons. The molecule has 0 aromatic carbocycles. The number of hydrogen-bond acceptors (Lipinski definition) is 3. The van der Waals surface area contributed by atoms with Crippen molar-refractivity contribution in [1.82, 2.24) is 4.98 Å². The molecule has 3 heteroatoms. The molecule has 0 radical (unpaired) electrons. The molecule has 12 heavy (non-hydrogen) atoms. The Balaban J connectivity index is 2.14. The summed E-state index contributed by atoms with van der Waals surface area (Å²) >= 11 is 0. The van der Waals surface area contributed by atoms with Crippen LogP contribution in [0, 0.1) is 0 Å². The Kier molecular flexibility index (Phi) is 1.90. The molecular formula is C9H12N2O. The molecule has 0 aliphatic carbocycles. The van der Waals surface area contributed by atoms with E-state index < -0.39 is 0 Å². The summed E-state index contributed by atoms with van der Waals surface area (Å²) in [6.07, 6.45) is 0.323. The van der Waals surface area contributed by atoms with Gasteiger partial charge >= 0.3 is 0 Å². The summed E-state index contributed by atoms with van der Waals surface area (Å²) in [5.74, 6) is 0.885. The number of anilines is 1. The molecule has 0 spiro atoms. The second-order valence-electron chi connectivity index (χ2n) is 2.72. The fourth-order valence-electron chi connectivity index (χ4n) is 1.29. The van der Waals surface area contributed by atoms with E-state index in [1.54, 1.807) is 6.07 Å². The molecule has 0 unspecified atom stereocenters. The van der Waals surface area contributed by atoms with Gasteiger partial charge < -0.3 is 9.64 Å². The molecule has 1 aromatic rings. The van der Waals surface area contributed by atoms with Crippen LogP contribution in [0.4, 0.5) is 5.82 Å². The standard InChI is InChI=1S/C9H12N2O/c1-2-4-10-9(3-1)11-5-7-12-8-6-11/h1-4H,5-8H2/i4T. The summed E-state index contributed by atoms with van der Waals surface area (Å²) in [6, 6.07) is 5.48. The van der Waals surface area contributed by atoms with Gasteiger partial charge in [0.2, 0.25) is 0 Å². The first-order valence-electron chi connectivity index (χ1n) is 4.62. The average Bonchev–Trinajstić information content (AvgIpc) is 2.19. The fraction of sp³-hybridized carbons (Fsp3) is 0.444. The highest BCUT2D eigenvalue weighted by Crippen LogP contribution is 2.10. The van der Waals surface area contributed by atoms with Crippen LogP contribution in [0.25, 0.3) is 0 Å². The van der Waals surface area contributed by atoms with Gasteiger partial charge in [0.25, 0.3) is 0 Å². The summed E-state index contributed by atoms with van der Waals surface area (Å²) in [6.45, 7) is 3.25. The third kappa shape index (κ3) is 1.56. The normalized spacial score (nSPS) is 19.0. The molecule has 0 N–H and O–H groups in total. The number of morpholine rings is 1. The molecule has 1 aromatic heterocycles. The van der Waals surface area contributed by atoms with Gasteiger partial charge in [-0.15, -0.1) is 0 Å². The maximum atomic E-state index is 7.39. The second kappa shape index (κ2) is 3.54. The Bertz CT molecular complexity index is 287. The lowest BCUT2D eigenvalue weighted by Gasteiger charge is -2.27. The Morgan fingerprint density at radius 2 is 2.25 bits per heavy atom. The molecular weight excluding hydrogens is 152 g/mol. The van der Waals surface area contributed by atoms with Crippen LogP contribution in [0.1, 0.15) is 1.37 Å². The van der Waals surface area contributed by atoms with Gasteiger partial charge in [0.05, 0.1) is 14.6 Å². The lowest BCUT2D eigenvalue weighted by Crippen LogP contribution is -2.36. The van der Waals surface area contributed by atoms with Crippen molar-refractivity contribution in [3.8, 4) is 0 Å². The third-order valence-corrected chi connectivity index (χ3v) is 1.93. The van der Waals surface area contributed by atoms with Crippen molar-refractivity contribution >= 4 is 5.82 Å². The van der Waals surface area contributed by atoms with Gasteiger partial charge in [0.1, 0.15) is 5.82 Å². The van der Waals surface area contributed by atoms with Crippen LogP contribution >= 0.6 is 0 Å². The van der Waals surface area contributed by atoms with E-state index in [1.165, 1.54) is 0 Å². The molecule has 0 saturated carbocycles. The minimum atomic E-state index is 0.323. The average molecular weight is 166 g/mol. The van der Waals surface area contributed by atoms with Crippen molar-refractivity contribution in [2.24, 2.45) is 0 Å². The summed E-state index contributed by atoms with van der Waals surface area (Å²) in [7, 11) is 0. The molecule has 1 aliphatic rings. The van der Waals surface area contributed by atoms with E-state index >= 15 is 0 Å². The van der Waals surface area contributed by atoms with Gasteiger partial charge in [0, 0.05) is 19.3 Å². The fourth-order valence-corrected chi connectivity index (χ4v) is 1.29. The maximum Gasteiger partial charge on any atom is 0.128 e. The van der Waals surface area contributed by atoms with E-state index in [1.807, 2.05) is 12.1 Å². The van der Waals surface area contributed by atoms with Crippen molar-refractivity contribution in [3.63, 3.8) is 0 Å². The van der Waals surface area contributed by atoms with E-state index in [4.69, 9.17) is 6.11 Å². The maximum absolute atomic E-state index is 7.39. The van der Waals surface area contributed by atoms with Gasteiger partial charge in [-0.3, -0.25) is 0 Å². The zero-order valence-electron chi connectivity index (χ0n) is 7.86. The van der Waals surface area contributed by atoms with Crippen molar-refractivity contribution in [3.05, 3.63) is 24.4 Å². The Morgan fingerprint density at radius 3 is 3.00 bits per heavy atom. The first-order chi connectivity index (χ1) is 6.36. The predicted octanol–water partition coefficient (Wildman–Crippen LogP) is 0.918. The third-order valence-electron chi connectivity index (χ3n) is 1.93. The number of ether oxygens (including phenoxy) is 1. The van der Waals surface area contributed by atoms with Crippen LogP contribution in [0.15, 0.2) is 24.4 Å². The highest BCUT2D eigenvalue weighted by molar-refractivity contribution is 5.37.